The van der Waals surface area contributed by atoms with Gasteiger partial charge in [-0.15, -0.1) is 0 Å². The number of nitrogens with zero attached hydrogens (tertiary/aromatic N) is 4. The van der Waals surface area contributed by atoms with Gasteiger partial charge in [0, 0.05) is 13.1 Å². The summed E-state index contributed by atoms with van der Waals surface area (Å²) in [5.41, 5.74) is 3.47. The van der Waals surface area contributed by atoms with Crippen molar-refractivity contribution >= 4 is 29.1 Å². The number of hydrogen-bond acceptors (Lipinski definition) is 3. The Morgan fingerprint density at radius 1 is 1.04 bits per heavy atom. The number of aromatic nitrogens is 4. The number of carbonyl (C=O) groups excluding carboxylic acids is 1. The molecular weight excluding hydrogens is 361 g/mol. The number of amides is 1. The number of halogens is 2. The van der Waals surface area contributed by atoms with Crippen LogP contribution in [0.4, 0.5) is 0 Å². The third-order valence-electron chi connectivity index (χ3n) is 4.33. The van der Waals surface area contributed by atoms with Crippen molar-refractivity contribution in [3.05, 3.63) is 32.8 Å². The van der Waals surface area contributed by atoms with Crippen LogP contribution in [0.3, 0.4) is 0 Å². The summed E-state index contributed by atoms with van der Waals surface area (Å²) in [4.78, 5) is 12.3. The first-order valence-corrected chi connectivity index (χ1v) is 9.14. The van der Waals surface area contributed by atoms with Crippen LogP contribution in [0.25, 0.3) is 0 Å². The average molecular weight is 386 g/mol. The summed E-state index contributed by atoms with van der Waals surface area (Å²) in [6, 6.07) is 0. The highest BCUT2D eigenvalue weighted by Gasteiger charge is 2.17. The molecule has 0 saturated carbocycles. The molecule has 25 heavy (non-hydrogen) atoms. The fourth-order valence-electron chi connectivity index (χ4n) is 2.70. The Labute approximate surface area is 158 Å². The molecule has 0 aromatic carbocycles. The van der Waals surface area contributed by atoms with Crippen LogP contribution in [0, 0.1) is 33.6 Å². The molecule has 0 spiro atoms. The van der Waals surface area contributed by atoms with E-state index in [2.05, 4.69) is 15.5 Å². The molecule has 0 saturated heterocycles. The zero-order chi connectivity index (χ0) is 18.7. The molecule has 2 aromatic heterocycles. The molecule has 1 amide bonds. The lowest BCUT2D eigenvalue weighted by molar-refractivity contribution is -0.124. The quantitative estimate of drug-likeness (QED) is 0.742. The molecule has 0 aliphatic carbocycles. The Kier molecular flexibility index (Phi) is 6.52. The van der Waals surface area contributed by atoms with Gasteiger partial charge in [0.1, 0.15) is 0 Å². The first kappa shape index (κ1) is 19.8. The second-order valence-electron chi connectivity index (χ2n) is 6.42. The number of carbonyl (C=O) groups is 1. The fraction of sp³-hybridized carbons (Fsp3) is 0.588. The first-order chi connectivity index (χ1) is 11.7. The van der Waals surface area contributed by atoms with Crippen molar-refractivity contribution in [2.24, 2.45) is 5.92 Å². The summed E-state index contributed by atoms with van der Waals surface area (Å²) in [7, 11) is 0. The molecule has 2 heterocycles. The summed E-state index contributed by atoms with van der Waals surface area (Å²) in [6.45, 7) is 11.3. The number of rotatable bonds is 7. The Morgan fingerprint density at radius 2 is 1.56 bits per heavy atom. The van der Waals surface area contributed by atoms with Crippen molar-refractivity contribution in [2.75, 3.05) is 6.54 Å². The van der Waals surface area contributed by atoms with Crippen LogP contribution < -0.4 is 5.32 Å². The molecule has 0 bridgehead atoms. The van der Waals surface area contributed by atoms with E-state index in [9.17, 15) is 4.79 Å². The van der Waals surface area contributed by atoms with Gasteiger partial charge in [-0.3, -0.25) is 14.2 Å². The maximum absolute atomic E-state index is 12.3. The van der Waals surface area contributed by atoms with E-state index in [4.69, 9.17) is 23.2 Å². The molecule has 6 nitrogen and oxygen atoms in total. The summed E-state index contributed by atoms with van der Waals surface area (Å²) in [5, 5.41) is 13.1. The Balaban J connectivity index is 1.79. The first-order valence-electron chi connectivity index (χ1n) is 8.39. The minimum Gasteiger partial charge on any atom is -0.356 e. The van der Waals surface area contributed by atoms with Crippen molar-refractivity contribution in [3.8, 4) is 0 Å². The predicted octanol–water partition coefficient (Wildman–Crippen LogP) is 3.46. The average Bonchev–Trinajstić information content (AvgIpc) is 2.96. The summed E-state index contributed by atoms with van der Waals surface area (Å²) < 4.78 is 3.67. The maximum Gasteiger partial charge on any atom is 0.224 e. The third kappa shape index (κ3) is 4.55. The lowest BCUT2D eigenvalue weighted by Crippen LogP contribution is -2.33. The molecule has 0 radical (unpaired) electrons. The van der Waals surface area contributed by atoms with E-state index in [-0.39, 0.29) is 11.8 Å². The fourth-order valence-corrected chi connectivity index (χ4v) is 2.97. The van der Waals surface area contributed by atoms with Gasteiger partial charge in [0.15, 0.2) is 0 Å². The molecule has 8 heteroatoms. The van der Waals surface area contributed by atoms with Gasteiger partial charge in [0.25, 0.3) is 0 Å². The second-order valence-corrected chi connectivity index (χ2v) is 7.18. The molecule has 1 atom stereocenters. The van der Waals surface area contributed by atoms with Crippen molar-refractivity contribution in [3.63, 3.8) is 0 Å². The zero-order valence-corrected chi connectivity index (χ0v) is 16.9. The number of nitrogens with one attached hydrogen (secondary N) is 1. The lowest BCUT2D eigenvalue weighted by Gasteiger charge is -2.13. The highest BCUT2D eigenvalue weighted by atomic mass is 35.5. The topological polar surface area (TPSA) is 64.7 Å². The number of aryl methyl sites for hydroxylation is 3. The van der Waals surface area contributed by atoms with Crippen LogP contribution in [0.1, 0.15) is 36.1 Å². The van der Waals surface area contributed by atoms with E-state index in [0.29, 0.717) is 23.1 Å². The van der Waals surface area contributed by atoms with E-state index in [1.165, 1.54) is 0 Å². The van der Waals surface area contributed by atoms with Crippen LogP contribution in [0.15, 0.2) is 0 Å². The standard InChI is InChI=1S/C17H25Cl2N5O/c1-10(9-24-14(5)16(19)12(3)22-24)17(25)20-7-6-8-23-13(4)15(18)11(2)21-23/h10H,6-9H2,1-5H3,(H,20,25). The molecule has 2 aromatic rings. The van der Waals surface area contributed by atoms with Crippen molar-refractivity contribution < 1.29 is 4.79 Å². The van der Waals surface area contributed by atoms with Crippen molar-refractivity contribution in [2.45, 2.75) is 54.1 Å². The van der Waals surface area contributed by atoms with Crippen molar-refractivity contribution in [1.82, 2.24) is 24.9 Å². The van der Waals surface area contributed by atoms with Crippen LogP contribution in [-0.4, -0.2) is 32.0 Å². The smallest absolute Gasteiger partial charge is 0.224 e. The van der Waals surface area contributed by atoms with E-state index in [0.717, 1.165) is 35.7 Å². The predicted molar refractivity (Wildman–Crippen MR) is 100 cm³/mol. The Bertz CT molecular complexity index is 766. The minimum atomic E-state index is -0.183. The van der Waals surface area contributed by atoms with Crippen LogP contribution in [-0.2, 0) is 17.9 Å². The largest absolute Gasteiger partial charge is 0.356 e. The SMILES string of the molecule is Cc1nn(CCCNC(=O)C(C)Cn2nc(C)c(Cl)c2C)c(C)c1Cl. The van der Waals surface area contributed by atoms with E-state index in [1.54, 1.807) is 4.68 Å². The van der Waals surface area contributed by atoms with E-state index >= 15 is 0 Å². The monoisotopic (exact) mass is 385 g/mol. The molecule has 2 rings (SSSR count). The number of hydrogen-bond donors (Lipinski definition) is 1. The van der Waals surface area contributed by atoms with Gasteiger partial charge in [-0.2, -0.15) is 10.2 Å². The highest BCUT2D eigenvalue weighted by Crippen LogP contribution is 2.20. The molecule has 0 fully saturated rings. The van der Waals surface area contributed by atoms with Gasteiger partial charge in [-0.25, -0.2) is 0 Å². The summed E-state index contributed by atoms with van der Waals surface area (Å²) in [5.74, 6) is -0.174. The maximum atomic E-state index is 12.3. The molecule has 138 valence electrons. The molecule has 1 N–H and O–H groups in total. The van der Waals surface area contributed by atoms with Gasteiger partial charge in [0.05, 0.1) is 45.3 Å². The summed E-state index contributed by atoms with van der Waals surface area (Å²) in [6.07, 6.45) is 0.794. The molecular formula is C17H25Cl2N5O. The van der Waals surface area contributed by atoms with Crippen LogP contribution in [0.2, 0.25) is 10.0 Å². The third-order valence-corrected chi connectivity index (χ3v) is 5.42. The minimum absolute atomic E-state index is 0.00933. The zero-order valence-electron chi connectivity index (χ0n) is 15.4. The van der Waals surface area contributed by atoms with Crippen LogP contribution >= 0.6 is 23.2 Å². The van der Waals surface area contributed by atoms with E-state index < -0.39 is 0 Å². The molecule has 0 aliphatic rings. The van der Waals surface area contributed by atoms with Gasteiger partial charge < -0.3 is 5.32 Å². The second kappa shape index (κ2) is 8.23. The normalized spacial score (nSPS) is 12.4. The van der Waals surface area contributed by atoms with Gasteiger partial charge >= 0.3 is 0 Å². The van der Waals surface area contributed by atoms with Crippen molar-refractivity contribution in [1.29, 1.82) is 0 Å². The Morgan fingerprint density at radius 3 is 2.04 bits per heavy atom. The van der Waals surface area contributed by atoms with E-state index in [1.807, 2.05) is 39.3 Å². The van der Waals surface area contributed by atoms with Gasteiger partial charge in [0.2, 0.25) is 5.91 Å². The summed E-state index contributed by atoms with van der Waals surface area (Å²) >= 11 is 12.3. The molecule has 0 aliphatic heterocycles. The molecule has 1 unspecified atom stereocenters. The van der Waals surface area contributed by atoms with Gasteiger partial charge in [-0.1, -0.05) is 30.1 Å². The Hall–Kier alpha value is -1.53. The van der Waals surface area contributed by atoms with Gasteiger partial charge in [-0.05, 0) is 34.1 Å². The van der Waals surface area contributed by atoms with Crippen LogP contribution in [0.5, 0.6) is 0 Å². The lowest BCUT2D eigenvalue weighted by atomic mass is 10.1. The highest BCUT2D eigenvalue weighted by molar-refractivity contribution is 6.32.